The Morgan fingerprint density at radius 1 is 1.50 bits per heavy atom. The highest BCUT2D eigenvalue weighted by atomic mass is 16.4. The molecule has 0 fully saturated rings. The molecule has 10 heavy (non-hydrogen) atoms. The Labute approximate surface area is 60.5 Å². The minimum atomic E-state index is -1.19. The van der Waals surface area contributed by atoms with Crippen molar-refractivity contribution < 1.29 is 10.2 Å². The molecular formula is C8H12O2. The summed E-state index contributed by atoms with van der Waals surface area (Å²) in [5.41, 5.74) is -2.27. The van der Waals surface area contributed by atoms with E-state index in [0.717, 1.165) is 0 Å². The molecule has 2 N–H and O–H groups in total. The third-order valence-electron chi connectivity index (χ3n) is 2.16. The summed E-state index contributed by atoms with van der Waals surface area (Å²) in [5.74, 6) is 0. The van der Waals surface area contributed by atoms with E-state index in [1.807, 2.05) is 6.92 Å². The van der Waals surface area contributed by atoms with Crippen molar-refractivity contribution >= 4 is 0 Å². The fourth-order valence-corrected chi connectivity index (χ4v) is 1.09. The van der Waals surface area contributed by atoms with E-state index in [-0.39, 0.29) is 0 Å². The Balaban J connectivity index is 2.87. The summed E-state index contributed by atoms with van der Waals surface area (Å²) in [6.07, 6.45) is 5.00. The third kappa shape index (κ3) is 0.662. The van der Waals surface area contributed by atoms with Crippen molar-refractivity contribution in [3.05, 3.63) is 24.8 Å². The van der Waals surface area contributed by atoms with Gasteiger partial charge in [0, 0.05) is 0 Å². The van der Waals surface area contributed by atoms with Crippen LogP contribution in [0.3, 0.4) is 0 Å². The molecule has 1 aliphatic carbocycles. The number of rotatable bonds is 2. The van der Waals surface area contributed by atoms with Crippen LogP contribution in [0.5, 0.6) is 0 Å². The smallest absolute Gasteiger partial charge is 0.133 e. The lowest BCUT2D eigenvalue weighted by molar-refractivity contribution is -0.0861. The van der Waals surface area contributed by atoms with Crippen LogP contribution in [0.4, 0.5) is 0 Å². The van der Waals surface area contributed by atoms with E-state index in [2.05, 4.69) is 6.58 Å². The van der Waals surface area contributed by atoms with Gasteiger partial charge < -0.3 is 10.2 Å². The van der Waals surface area contributed by atoms with Gasteiger partial charge in [0.25, 0.3) is 0 Å². The Morgan fingerprint density at radius 2 is 2.10 bits per heavy atom. The topological polar surface area (TPSA) is 40.5 Å². The second-order valence-electron chi connectivity index (χ2n) is 2.64. The van der Waals surface area contributed by atoms with Gasteiger partial charge in [0.1, 0.15) is 11.2 Å². The van der Waals surface area contributed by atoms with Crippen LogP contribution in [0.15, 0.2) is 24.8 Å². The summed E-state index contributed by atoms with van der Waals surface area (Å²) in [7, 11) is 0. The zero-order valence-electron chi connectivity index (χ0n) is 6.04. The fourth-order valence-electron chi connectivity index (χ4n) is 1.09. The van der Waals surface area contributed by atoms with E-state index in [9.17, 15) is 10.2 Å². The molecule has 0 aromatic rings. The van der Waals surface area contributed by atoms with E-state index < -0.39 is 11.2 Å². The molecule has 0 spiro atoms. The maximum absolute atomic E-state index is 9.53. The first-order chi connectivity index (χ1) is 4.58. The van der Waals surface area contributed by atoms with Gasteiger partial charge in [0.2, 0.25) is 0 Å². The van der Waals surface area contributed by atoms with Crippen molar-refractivity contribution in [2.24, 2.45) is 0 Å². The van der Waals surface area contributed by atoms with Crippen LogP contribution in [-0.2, 0) is 0 Å². The van der Waals surface area contributed by atoms with Crippen molar-refractivity contribution in [1.82, 2.24) is 0 Å². The highest BCUT2D eigenvalue weighted by Gasteiger charge is 2.48. The van der Waals surface area contributed by atoms with Gasteiger partial charge in [-0.2, -0.15) is 0 Å². The van der Waals surface area contributed by atoms with Gasteiger partial charge in [-0.3, -0.25) is 0 Å². The monoisotopic (exact) mass is 140 g/mol. The molecule has 0 saturated carbocycles. The molecule has 2 heteroatoms. The zero-order valence-corrected chi connectivity index (χ0v) is 6.04. The first-order valence-corrected chi connectivity index (χ1v) is 3.37. The minimum Gasteiger partial charge on any atom is -0.382 e. The maximum atomic E-state index is 9.53. The normalized spacial score (nSPS) is 44.7. The molecule has 2 atom stereocenters. The van der Waals surface area contributed by atoms with Crippen molar-refractivity contribution in [2.75, 3.05) is 0 Å². The van der Waals surface area contributed by atoms with Gasteiger partial charge in [-0.1, -0.05) is 25.7 Å². The summed E-state index contributed by atoms with van der Waals surface area (Å²) in [4.78, 5) is 0. The van der Waals surface area contributed by atoms with Crippen molar-refractivity contribution in [1.29, 1.82) is 0 Å². The van der Waals surface area contributed by atoms with E-state index in [1.165, 1.54) is 6.08 Å². The lowest BCUT2D eigenvalue weighted by atomic mass is 9.72. The van der Waals surface area contributed by atoms with E-state index in [0.29, 0.717) is 6.42 Å². The number of hydrogen-bond donors (Lipinski definition) is 2. The number of aliphatic hydroxyl groups is 2. The zero-order chi connectivity index (χ0) is 7.83. The highest BCUT2D eigenvalue weighted by Crippen LogP contribution is 2.37. The van der Waals surface area contributed by atoms with Crippen LogP contribution < -0.4 is 0 Å². The molecule has 1 aliphatic rings. The molecule has 2 nitrogen and oxygen atoms in total. The average molecular weight is 140 g/mol. The van der Waals surface area contributed by atoms with Crippen LogP contribution in [0, 0.1) is 0 Å². The van der Waals surface area contributed by atoms with Crippen molar-refractivity contribution in [2.45, 2.75) is 24.5 Å². The van der Waals surface area contributed by atoms with Gasteiger partial charge in [0.05, 0.1) is 0 Å². The summed E-state index contributed by atoms with van der Waals surface area (Å²) in [6, 6.07) is 0. The molecule has 0 aromatic heterocycles. The van der Waals surface area contributed by atoms with Crippen molar-refractivity contribution in [3.8, 4) is 0 Å². The minimum absolute atomic E-state index is 0.506. The largest absolute Gasteiger partial charge is 0.382 e. The van der Waals surface area contributed by atoms with Gasteiger partial charge >= 0.3 is 0 Å². The van der Waals surface area contributed by atoms with Crippen LogP contribution >= 0.6 is 0 Å². The van der Waals surface area contributed by atoms with Crippen LogP contribution in [0.25, 0.3) is 0 Å². The molecule has 1 rings (SSSR count). The molecule has 0 amide bonds. The summed E-state index contributed by atoms with van der Waals surface area (Å²) >= 11 is 0. The predicted molar refractivity (Wildman–Crippen MR) is 39.5 cm³/mol. The Kier molecular flexibility index (Phi) is 1.46. The first kappa shape index (κ1) is 7.51. The molecule has 0 aliphatic heterocycles. The predicted octanol–water partition coefficient (Wildman–Crippen LogP) is 0.614. The molecular weight excluding hydrogens is 128 g/mol. The lowest BCUT2D eigenvalue weighted by Crippen LogP contribution is -2.56. The fraction of sp³-hybridized carbons (Fsp3) is 0.500. The Bertz CT molecular complexity index is 186. The second-order valence-corrected chi connectivity index (χ2v) is 2.64. The molecule has 0 heterocycles. The summed E-state index contributed by atoms with van der Waals surface area (Å²) in [5, 5.41) is 19.0. The van der Waals surface area contributed by atoms with Crippen LogP contribution in [0.1, 0.15) is 13.3 Å². The van der Waals surface area contributed by atoms with E-state index in [4.69, 9.17) is 0 Å². The lowest BCUT2D eigenvalue weighted by Gasteiger charge is -2.44. The molecule has 0 bridgehead atoms. The molecule has 0 radical (unpaired) electrons. The average Bonchev–Trinajstić information content (AvgIpc) is 1.99. The molecule has 56 valence electrons. The SMILES string of the molecule is C=CC1(O)C=CC1(O)CC. The standard InChI is InChI=1S/C8H12O2/c1-3-7(9)5-6-8(7,10)4-2/h3,5-6,9-10H,1,4H2,2H3. The highest BCUT2D eigenvalue weighted by molar-refractivity contribution is 5.36. The summed E-state index contributed by atoms with van der Waals surface area (Å²) in [6.45, 7) is 5.25. The Morgan fingerprint density at radius 3 is 2.20 bits per heavy atom. The van der Waals surface area contributed by atoms with Gasteiger partial charge in [-0.05, 0) is 12.5 Å². The van der Waals surface area contributed by atoms with E-state index >= 15 is 0 Å². The van der Waals surface area contributed by atoms with Crippen molar-refractivity contribution in [3.63, 3.8) is 0 Å². The van der Waals surface area contributed by atoms with Gasteiger partial charge in [-0.25, -0.2) is 0 Å². The second kappa shape index (κ2) is 1.94. The molecule has 0 saturated heterocycles. The summed E-state index contributed by atoms with van der Waals surface area (Å²) < 4.78 is 0. The number of hydrogen-bond acceptors (Lipinski definition) is 2. The third-order valence-corrected chi connectivity index (χ3v) is 2.16. The van der Waals surface area contributed by atoms with Crippen LogP contribution in [-0.4, -0.2) is 21.4 Å². The molecule has 0 aromatic carbocycles. The van der Waals surface area contributed by atoms with Crippen LogP contribution in [0.2, 0.25) is 0 Å². The molecule has 2 unspecified atom stereocenters. The Hall–Kier alpha value is -0.600. The quantitative estimate of drug-likeness (QED) is 0.552. The van der Waals surface area contributed by atoms with Gasteiger partial charge in [0.15, 0.2) is 0 Å². The van der Waals surface area contributed by atoms with Gasteiger partial charge in [-0.15, -0.1) is 0 Å². The maximum Gasteiger partial charge on any atom is 0.133 e. The first-order valence-electron chi connectivity index (χ1n) is 3.37. The van der Waals surface area contributed by atoms with E-state index in [1.54, 1.807) is 12.2 Å².